The van der Waals surface area contributed by atoms with Crippen molar-refractivity contribution in [3.8, 4) is 16.9 Å². The van der Waals surface area contributed by atoms with Gasteiger partial charge in [-0.05, 0) is 49.7 Å². The number of carboxylic acids is 1. The fraction of sp³-hybridized carbons (Fsp3) is 0.143. The molecule has 3 N–H and O–H groups in total. The summed E-state index contributed by atoms with van der Waals surface area (Å²) < 4.78 is 33.1. The number of halogens is 1. The first-order valence-corrected chi connectivity index (χ1v) is 11.9. The number of phenols is 1. The van der Waals surface area contributed by atoms with Crippen molar-refractivity contribution < 1.29 is 33.0 Å². The van der Waals surface area contributed by atoms with Crippen molar-refractivity contribution in [1.29, 1.82) is 0 Å². The molecule has 0 amide bonds. The molecule has 8 nitrogen and oxygen atoms in total. The van der Waals surface area contributed by atoms with Crippen molar-refractivity contribution in [2.75, 3.05) is 4.72 Å². The number of benzene rings is 2. The van der Waals surface area contributed by atoms with Crippen molar-refractivity contribution in [2.24, 2.45) is 0 Å². The predicted molar refractivity (Wildman–Crippen MR) is 121 cm³/mol. The molecule has 0 aliphatic rings. The van der Waals surface area contributed by atoms with Crippen LogP contribution in [0.5, 0.6) is 5.75 Å². The van der Waals surface area contributed by atoms with Crippen LogP contribution in [-0.2, 0) is 14.8 Å². The number of aromatic carboxylic acids is 1. The van der Waals surface area contributed by atoms with Gasteiger partial charge in [-0.2, -0.15) is 0 Å². The van der Waals surface area contributed by atoms with Crippen molar-refractivity contribution in [3.05, 3.63) is 64.0 Å². The summed E-state index contributed by atoms with van der Waals surface area (Å²) >= 11 is 7.11. The number of sulfonamides is 1. The average Bonchev–Trinajstić information content (AvgIpc) is 3.10. The van der Waals surface area contributed by atoms with Crippen molar-refractivity contribution in [2.45, 2.75) is 24.2 Å². The number of carbonyl (C=O) groups is 2. The zero-order valence-corrected chi connectivity index (χ0v) is 19.2. The average molecular weight is 496 g/mol. The van der Waals surface area contributed by atoms with Crippen molar-refractivity contribution >= 4 is 50.6 Å². The van der Waals surface area contributed by atoms with Gasteiger partial charge in [0.05, 0.1) is 17.4 Å². The number of hydrogen-bond donors (Lipinski definition) is 3. The molecule has 2 aromatic carbocycles. The van der Waals surface area contributed by atoms with Crippen LogP contribution in [0.3, 0.4) is 0 Å². The minimum Gasteiger partial charge on any atom is -0.507 e. The van der Waals surface area contributed by atoms with Gasteiger partial charge in [-0.25, -0.2) is 18.0 Å². The zero-order valence-electron chi connectivity index (χ0n) is 16.8. The fourth-order valence-corrected chi connectivity index (χ4v) is 5.57. The van der Waals surface area contributed by atoms with Gasteiger partial charge < -0.3 is 14.9 Å². The number of esters is 1. The highest BCUT2D eigenvalue weighted by molar-refractivity contribution is 7.94. The lowest BCUT2D eigenvalue weighted by atomic mass is 10.1. The molecule has 0 unspecified atom stereocenters. The molecule has 0 atom stereocenters. The number of carboxylic acid groups (broad SMARTS) is 1. The van der Waals surface area contributed by atoms with Crippen LogP contribution in [0.15, 0.2) is 52.7 Å². The van der Waals surface area contributed by atoms with Gasteiger partial charge in [0.25, 0.3) is 10.0 Å². The lowest BCUT2D eigenvalue weighted by molar-refractivity contribution is 0.0377. The van der Waals surface area contributed by atoms with Crippen LogP contribution in [0.1, 0.15) is 34.6 Å². The summed E-state index contributed by atoms with van der Waals surface area (Å²) in [6.07, 6.45) is -0.289. The first kappa shape index (κ1) is 23.6. The molecular weight excluding hydrogens is 478 g/mol. The molecule has 11 heteroatoms. The molecule has 32 heavy (non-hydrogen) atoms. The molecule has 0 bridgehead atoms. The van der Waals surface area contributed by atoms with E-state index in [4.69, 9.17) is 21.4 Å². The summed E-state index contributed by atoms with van der Waals surface area (Å²) in [6.45, 7) is 3.47. The molecule has 0 radical (unpaired) electrons. The normalized spacial score (nSPS) is 11.4. The van der Waals surface area contributed by atoms with Gasteiger partial charge in [0.2, 0.25) is 0 Å². The Balaban J connectivity index is 1.90. The lowest BCUT2D eigenvalue weighted by Crippen LogP contribution is -2.12. The number of ether oxygens (including phenoxy) is 1. The van der Waals surface area contributed by atoms with Gasteiger partial charge in [0, 0.05) is 11.6 Å². The number of nitrogens with one attached hydrogen (secondary N) is 1. The molecule has 0 fully saturated rings. The summed E-state index contributed by atoms with van der Waals surface area (Å²) in [4.78, 5) is 23.2. The largest absolute Gasteiger partial charge is 0.507 e. The molecule has 0 aliphatic carbocycles. The van der Waals surface area contributed by atoms with Gasteiger partial charge in [0.15, 0.2) is 0 Å². The summed E-state index contributed by atoms with van der Waals surface area (Å²) in [7, 11) is -4.08. The summed E-state index contributed by atoms with van der Waals surface area (Å²) in [5.41, 5.74) is 0.881. The zero-order chi connectivity index (χ0) is 23.6. The molecule has 0 aliphatic heterocycles. The first-order valence-electron chi connectivity index (χ1n) is 9.18. The van der Waals surface area contributed by atoms with Gasteiger partial charge in [-0.3, -0.25) is 4.72 Å². The number of rotatable bonds is 7. The number of hydrogen-bond acceptors (Lipinski definition) is 7. The van der Waals surface area contributed by atoms with E-state index in [0.717, 1.165) is 23.5 Å². The minimum atomic E-state index is -4.08. The Labute approximate surface area is 193 Å². The monoisotopic (exact) mass is 495 g/mol. The van der Waals surface area contributed by atoms with E-state index in [1.807, 2.05) is 0 Å². The Morgan fingerprint density at radius 1 is 1.12 bits per heavy atom. The topological polar surface area (TPSA) is 130 Å². The summed E-state index contributed by atoms with van der Waals surface area (Å²) in [6, 6.07) is 11.2. The second-order valence-corrected chi connectivity index (χ2v) is 10.5. The second kappa shape index (κ2) is 9.19. The van der Waals surface area contributed by atoms with E-state index < -0.39 is 27.7 Å². The predicted octanol–water partition coefficient (Wildman–Crippen LogP) is 4.84. The molecule has 3 aromatic rings. The molecule has 3 rings (SSSR count). The number of thiophene rings is 1. The summed E-state index contributed by atoms with van der Waals surface area (Å²) in [5.74, 6) is -2.42. The Kier molecular flexibility index (Phi) is 6.77. The van der Waals surface area contributed by atoms with Crippen LogP contribution in [-0.4, -0.2) is 36.7 Å². The molecular formula is C21H18ClNO7S2. The van der Waals surface area contributed by atoms with Gasteiger partial charge in [-0.15, -0.1) is 11.3 Å². The first-order chi connectivity index (χ1) is 15.0. The van der Waals surface area contributed by atoms with Crippen LogP contribution in [0.4, 0.5) is 5.69 Å². The van der Waals surface area contributed by atoms with Crippen molar-refractivity contribution in [3.63, 3.8) is 0 Å². The number of anilines is 1. The Hall–Kier alpha value is -3.08. The Bertz CT molecular complexity index is 1300. The van der Waals surface area contributed by atoms with E-state index in [9.17, 15) is 23.1 Å². The highest BCUT2D eigenvalue weighted by Crippen LogP contribution is 2.39. The Morgan fingerprint density at radius 2 is 1.84 bits per heavy atom. The maximum atomic E-state index is 12.8. The van der Waals surface area contributed by atoms with Crippen molar-refractivity contribution in [1.82, 2.24) is 0 Å². The number of aromatic hydroxyl groups is 1. The molecule has 168 valence electrons. The fourth-order valence-electron chi connectivity index (χ4n) is 2.75. The van der Waals surface area contributed by atoms with E-state index in [2.05, 4.69) is 4.72 Å². The smallest absolute Gasteiger partial charge is 0.339 e. The van der Waals surface area contributed by atoms with E-state index >= 15 is 0 Å². The van der Waals surface area contributed by atoms with E-state index in [0.29, 0.717) is 16.7 Å². The highest BCUT2D eigenvalue weighted by atomic mass is 35.5. The third-order valence-corrected chi connectivity index (χ3v) is 7.37. The van der Waals surface area contributed by atoms with Gasteiger partial charge >= 0.3 is 11.9 Å². The third kappa shape index (κ3) is 5.21. The van der Waals surface area contributed by atoms with Gasteiger partial charge in [-0.1, -0.05) is 23.7 Å². The molecule has 0 spiro atoms. The van der Waals surface area contributed by atoms with Crippen LogP contribution in [0, 0.1) is 0 Å². The minimum absolute atomic E-state index is 0.0167. The quantitative estimate of drug-likeness (QED) is 0.400. The molecule has 1 aromatic heterocycles. The van der Waals surface area contributed by atoms with E-state index in [1.54, 1.807) is 38.1 Å². The van der Waals surface area contributed by atoms with Crippen LogP contribution in [0.25, 0.3) is 11.1 Å². The van der Waals surface area contributed by atoms with E-state index in [-0.39, 0.29) is 25.9 Å². The molecule has 1 heterocycles. The maximum absolute atomic E-state index is 12.8. The highest BCUT2D eigenvalue weighted by Gasteiger charge is 2.22. The summed E-state index contributed by atoms with van der Waals surface area (Å²) in [5, 5.41) is 18.7. The van der Waals surface area contributed by atoms with Crippen LogP contribution < -0.4 is 4.72 Å². The SMILES string of the molecule is CC(C)OC(=O)c1cccc(-c2cc(S(=O)(=O)Nc3ccc(C(=O)O)c(O)c3)sc2Cl)c1. The Morgan fingerprint density at radius 3 is 2.47 bits per heavy atom. The maximum Gasteiger partial charge on any atom is 0.339 e. The van der Waals surface area contributed by atoms with Gasteiger partial charge in [0.1, 0.15) is 19.9 Å². The second-order valence-electron chi connectivity index (χ2n) is 6.93. The van der Waals surface area contributed by atoms with Crippen LogP contribution in [0.2, 0.25) is 4.34 Å². The standard InChI is InChI=1S/C21H18ClNO7S2/c1-11(2)30-21(27)13-5-3-4-12(8-13)16-10-18(31-19(16)22)32(28,29)23-14-6-7-15(20(25)26)17(24)9-14/h3-11,23-24H,1-2H3,(H,25,26). The number of carbonyl (C=O) groups excluding carboxylic acids is 1. The molecule has 0 saturated carbocycles. The molecule has 0 saturated heterocycles. The third-order valence-electron chi connectivity index (χ3n) is 4.16. The lowest BCUT2D eigenvalue weighted by Gasteiger charge is -2.09. The van der Waals surface area contributed by atoms with Crippen LogP contribution >= 0.6 is 22.9 Å². The van der Waals surface area contributed by atoms with E-state index in [1.165, 1.54) is 12.1 Å².